The molecule has 1 aliphatic carbocycles. The molecule has 0 spiro atoms. The molecule has 1 amide bonds. The van der Waals surface area contributed by atoms with Gasteiger partial charge in [0, 0.05) is 13.0 Å². The van der Waals surface area contributed by atoms with Gasteiger partial charge in [-0.15, -0.1) is 0 Å². The predicted molar refractivity (Wildman–Crippen MR) is 110 cm³/mol. The Balaban J connectivity index is 1.97. The van der Waals surface area contributed by atoms with E-state index >= 15 is 0 Å². The van der Waals surface area contributed by atoms with E-state index in [-0.39, 0.29) is 36.1 Å². The van der Waals surface area contributed by atoms with Gasteiger partial charge in [0.25, 0.3) is 6.02 Å². The van der Waals surface area contributed by atoms with E-state index in [9.17, 15) is 13.6 Å². The molecule has 1 N–H and O–H groups in total. The Labute approximate surface area is 174 Å². The van der Waals surface area contributed by atoms with Crippen LogP contribution in [0.15, 0.2) is 36.4 Å². The number of carbonyl (C=O) groups excluding carboxylic acids is 1. The second-order valence-electron chi connectivity index (χ2n) is 7.97. The van der Waals surface area contributed by atoms with Gasteiger partial charge in [-0.05, 0) is 54.2 Å². The largest absolute Gasteiger partial charge is 0.469 e. The number of amidine groups is 1. The van der Waals surface area contributed by atoms with Crippen LogP contribution in [-0.4, -0.2) is 54.5 Å². The number of likely N-dealkylation sites (N-methyl/N-ethyl adjacent to an activating group) is 1. The number of amides is 1. The first-order valence-electron chi connectivity index (χ1n) is 10.0. The lowest BCUT2D eigenvalue weighted by Crippen LogP contribution is -2.63. The molecular formula is C23H25F2N3O2. The SMILES string of the molecule is COC(=N)N1CC(=O)N(C)[C@@H](C)[C@@H]1C1c2cccc(F)c2CCc2c(F)cccc21. The molecule has 2 aromatic rings. The summed E-state index contributed by atoms with van der Waals surface area (Å²) in [6, 6.07) is 9.08. The van der Waals surface area contributed by atoms with E-state index in [1.807, 2.05) is 19.1 Å². The van der Waals surface area contributed by atoms with Gasteiger partial charge in [-0.1, -0.05) is 24.3 Å². The summed E-state index contributed by atoms with van der Waals surface area (Å²) in [5.41, 5.74) is 2.67. The predicted octanol–water partition coefficient (Wildman–Crippen LogP) is 3.31. The summed E-state index contributed by atoms with van der Waals surface area (Å²) in [6.07, 6.45) is 0.786. The van der Waals surface area contributed by atoms with Crippen molar-refractivity contribution in [2.24, 2.45) is 0 Å². The number of methoxy groups -OCH3 is 1. The summed E-state index contributed by atoms with van der Waals surface area (Å²) < 4.78 is 34.9. The second-order valence-corrected chi connectivity index (χ2v) is 7.97. The molecule has 0 unspecified atom stereocenters. The number of fused-ring (bicyclic) bond motifs is 2. The molecule has 2 aromatic carbocycles. The normalized spacial score (nSPS) is 21.7. The number of nitrogens with one attached hydrogen (secondary N) is 1. The highest BCUT2D eigenvalue weighted by Crippen LogP contribution is 2.42. The summed E-state index contributed by atoms with van der Waals surface area (Å²) in [5.74, 6) is -1.18. The topological polar surface area (TPSA) is 56.6 Å². The van der Waals surface area contributed by atoms with E-state index in [2.05, 4.69) is 0 Å². The van der Waals surface area contributed by atoms with Gasteiger partial charge >= 0.3 is 0 Å². The van der Waals surface area contributed by atoms with Crippen LogP contribution in [0.2, 0.25) is 0 Å². The van der Waals surface area contributed by atoms with E-state index < -0.39 is 12.0 Å². The summed E-state index contributed by atoms with van der Waals surface area (Å²) in [7, 11) is 3.12. The smallest absolute Gasteiger partial charge is 0.284 e. The minimum absolute atomic E-state index is 0.0238. The minimum Gasteiger partial charge on any atom is -0.469 e. The van der Waals surface area contributed by atoms with Crippen molar-refractivity contribution in [3.05, 3.63) is 70.3 Å². The van der Waals surface area contributed by atoms with Crippen LogP contribution in [0.5, 0.6) is 0 Å². The summed E-state index contributed by atoms with van der Waals surface area (Å²) in [4.78, 5) is 15.8. The number of hydrogen-bond donors (Lipinski definition) is 1. The standard InChI is InChI=1S/C23H25F2N3O2/c1-13-22(28(23(26)30-3)12-20(29)27(13)2)21-16-6-4-8-18(24)14(16)10-11-15-17(21)7-5-9-19(15)25/h4-9,13,21-22,26H,10-12H2,1-3H3/t13-,22+/m0/s1. The Morgan fingerprint density at radius 3 is 2.10 bits per heavy atom. The van der Waals surface area contributed by atoms with E-state index in [0.29, 0.717) is 24.0 Å². The van der Waals surface area contributed by atoms with E-state index in [4.69, 9.17) is 10.1 Å². The van der Waals surface area contributed by atoms with Gasteiger partial charge < -0.3 is 14.5 Å². The molecule has 30 heavy (non-hydrogen) atoms. The maximum atomic E-state index is 14.8. The minimum atomic E-state index is -0.426. The summed E-state index contributed by atoms with van der Waals surface area (Å²) in [6.45, 7) is 1.88. The van der Waals surface area contributed by atoms with Crippen molar-refractivity contribution in [2.45, 2.75) is 37.8 Å². The number of rotatable bonds is 1. The van der Waals surface area contributed by atoms with Crippen LogP contribution >= 0.6 is 0 Å². The number of hydrogen-bond acceptors (Lipinski definition) is 3. The second kappa shape index (κ2) is 7.70. The Morgan fingerprint density at radius 2 is 1.60 bits per heavy atom. The first kappa shape index (κ1) is 20.3. The average Bonchev–Trinajstić information content (AvgIpc) is 2.90. The van der Waals surface area contributed by atoms with Crippen molar-refractivity contribution in [2.75, 3.05) is 20.7 Å². The Morgan fingerprint density at radius 1 is 1.07 bits per heavy atom. The molecule has 2 aliphatic rings. The molecule has 1 saturated heterocycles. The molecule has 7 heteroatoms. The maximum absolute atomic E-state index is 14.8. The molecule has 0 bridgehead atoms. The summed E-state index contributed by atoms with van der Waals surface area (Å²) >= 11 is 0. The quantitative estimate of drug-likeness (QED) is 0.577. The van der Waals surface area contributed by atoms with Crippen molar-refractivity contribution in [3.8, 4) is 0 Å². The number of ether oxygens (including phenoxy) is 1. The highest BCUT2D eigenvalue weighted by Gasteiger charge is 2.45. The molecule has 0 saturated carbocycles. The monoisotopic (exact) mass is 413 g/mol. The van der Waals surface area contributed by atoms with Gasteiger partial charge in [0.05, 0.1) is 19.2 Å². The van der Waals surface area contributed by atoms with Crippen LogP contribution in [0.25, 0.3) is 0 Å². The van der Waals surface area contributed by atoms with E-state index in [1.54, 1.807) is 29.0 Å². The third-order valence-electron chi connectivity index (χ3n) is 6.57. The number of halogens is 2. The van der Waals surface area contributed by atoms with Crippen molar-refractivity contribution >= 4 is 11.9 Å². The zero-order valence-corrected chi connectivity index (χ0v) is 17.3. The van der Waals surface area contributed by atoms with Gasteiger partial charge in [-0.3, -0.25) is 10.2 Å². The molecule has 1 heterocycles. The number of nitrogens with zero attached hydrogens (tertiary/aromatic N) is 2. The molecule has 0 radical (unpaired) electrons. The molecule has 5 nitrogen and oxygen atoms in total. The van der Waals surface area contributed by atoms with Crippen LogP contribution in [0.3, 0.4) is 0 Å². The lowest BCUT2D eigenvalue weighted by Gasteiger charge is -2.48. The zero-order valence-electron chi connectivity index (χ0n) is 17.3. The van der Waals surface area contributed by atoms with Gasteiger partial charge in [-0.2, -0.15) is 0 Å². The van der Waals surface area contributed by atoms with Crippen LogP contribution in [0, 0.1) is 17.0 Å². The third kappa shape index (κ3) is 3.13. The van der Waals surface area contributed by atoms with Gasteiger partial charge in [0.15, 0.2) is 0 Å². The average molecular weight is 413 g/mol. The molecule has 1 fully saturated rings. The van der Waals surface area contributed by atoms with Crippen molar-refractivity contribution in [1.82, 2.24) is 9.80 Å². The fourth-order valence-electron chi connectivity index (χ4n) is 4.91. The lowest BCUT2D eigenvalue weighted by atomic mass is 9.78. The van der Waals surface area contributed by atoms with Crippen molar-refractivity contribution in [3.63, 3.8) is 0 Å². The Hall–Kier alpha value is -2.96. The molecule has 1 aliphatic heterocycles. The lowest BCUT2D eigenvalue weighted by molar-refractivity contribution is -0.138. The van der Waals surface area contributed by atoms with Crippen LogP contribution in [0.4, 0.5) is 8.78 Å². The molecule has 158 valence electrons. The number of benzene rings is 2. The fourth-order valence-corrected chi connectivity index (χ4v) is 4.91. The van der Waals surface area contributed by atoms with Gasteiger partial charge in [0.2, 0.25) is 5.91 Å². The molecule has 2 atom stereocenters. The van der Waals surface area contributed by atoms with Crippen LogP contribution < -0.4 is 0 Å². The third-order valence-corrected chi connectivity index (χ3v) is 6.57. The van der Waals surface area contributed by atoms with E-state index in [1.165, 1.54) is 19.2 Å². The highest BCUT2D eigenvalue weighted by molar-refractivity contribution is 5.85. The number of piperazine rings is 1. The molecular weight excluding hydrogens is 388 g/mol. The van der Waals surface area contributed by atoms with Crippen molar-refractivity contribution < 1.29 is 18.3 Å². The highest BCUT2D eigenvalue weighted by atomic mass is 19.1. The summed E-state index contributed by atoms with van der Waals surface area (Å²) in [5, 5.41) is 8.32. The Bertz CT molecular complexity index is 956. The first-order valence-corrected chi connectivity index (χ1v) is 10.0. The zero-order chi connectivity index (χ0) is 21.6. The van der Waals surface area contributed by atoms with Crippen molar-refractivity contribution in [1.29, 1.82) is 5.41 Å². The van der Waals surface area contributed by atoms with Gasteiger partial charge in [-0.25, -0.2) is 8.78 Å². The van der Waals surface area contributed by atoms with Crippen LogP contribution in [0.1, 0.15) is 35.1 Å². The van der Waals surface area contributed by atoms with Gasteiger partial charge in [0.1, 0.15) is 18.2 Å². The van der Waals surface area contributed by atoms with Crippen LogP contribution in [-0.2, 0) is 22.4 Å². The maximum Gasteiger partial charge on any atom is 0.284 e. The molecule has 0 aromatic heterocycles. The van der Waals surface area contributed by atoms with E-state index in [0.717, 1.165) is 11.1 Å². The number of carbonyl (C=O) groups is 1. The fraction of sp³-hybridized carbons (Fsp3) is 0.391. The molecule has 4 rings (SSSR count). The Kier molecular flexibility index (Phi) is 5.22. The first-order chi connectivity index (χ1) is 14.3.